The van der Waals surface area contributed by atoms with Crippen LogP contribution in [0.3, 0.4) is 0 Å². The predicted molar refractivity (Wildman–Crippen MR) is 128 cm³/mol. The third-order valence-corrected chi connectivity index (χ3v) is 5.64. The van der Waals surface area contributed by atoms with E-state index in [0.717, 1.165) is 16.8 Å². The lowest BCUT2D eigenvalue weighted by molar-refractivity contribution is -0.160. The van der Waals surface area contributed by atoms with Gasteiger partial charge in [0, 0.05) is 24.0 Å². The van der Waals surface area contributed by atoms with Crippen molar-refractivity contribution in [1.29, 1.82) is 0 Å². The molecule has 0 aliphatic carbocycles. The van der Waals surface area contributed by atoms with E-state index in [1.54, 1.807) is 19.9 Å². The first-order valence-electron chi connectivity index (χ1n) is 11.0. The molecule has 3 aromatic rings. The smallest absolute Gasteiger partial charge is 0.350 e. The van der Waals surface area contributed by atoms with Gasteiger partial charge in [-0.2, -0.15) is 0 Å². The minimum Gasteiger partial charge on any atom is -0.463 e. The molecule has 6 heteroatoms. The molecule has 0 saturated heterocycles. The standard InChI is InChI=1S/C27H26N2O4/c1-4-32-25(30)27(26(31)33-5-2)21(18-22(28-27)19-12-8-6-9-13-19)24-17-16-23(29(24)3)20-14-10-7-11-15-20/h6-18H,4-5H2,1-3H3. The van der Waals surface area contributed by atoms with Crippen molar-refractivity contribution in [3.05, 3.63) is 90.1 Å². The van der Waals surface area contributed by atoms with Crippen molar-refractivity contribution in [3.8, 4) is 11.3 Å². The average molecular weight is 443 g/mol. The van der Waals surface area contributed by atoms with Gasteiger partial charge in [0.05, 0.1) is 18.9 Å². The third-order valence-electron chi connectivity index (χ3n) is 5.64. The van der Waals surface area contributed by atoms with Crippen LogP contribution in [-0.2, 0) is 26.1 Å². The van der Waals surface area contributed by atoms with Gasteiger partial charge >= 0.3 is 11.9 Å². The summed E-state index contributed by atoms with van der Waals surface area (Å²) in [4.78, 5) is 31.4. The lowest BCUT2D eigenvalue weighted by atomic mass is 9.89. The third kappa shape index (κ3) is 3.89. The van der Waals surface area contributed by atoms with E-state index in [1.165, 1.54) is 0 Å². The molecule has 2 aromatic carbocycles. The van der Waals surface area contributed by atoms with Crippen LogP contribution < -0.4 is 0 Å². The molecule has 168 valence electrons. The second-order valence-corrected chi connectivity index (χ2v) is 7.60. The summed E-state index contributed by atoms with van der Waals surface area (Å²) in [7, 11) is 1.90. The molecule has 0 spiro atoms. The molecule has 0 bridgehead atoms. The van der Waals surface area contributed by atoms with E-state index in [0.29, 0.717) is 17.0 Å². The van der Waals surface area contributed by atoms with Gasteiger partial charge in [0.2, 0.25) is 0 Å². The van der Waals surface area contributed by atoms with Crippen LogP contribution in [-0.4, -0.2) is 41.0 Å². The zero-order valence-electron chi connectivity index (χ0n) is 18.9. The fourth-order valence-corrected chi connectivity index (χ4v) is 4.08. The van der Waals surface area contributed by atoms with Gasteiger partial charge in [0.1, 0.15) is 0 Å². The highest BCUT2D eigenvalue weighted by atomic mass is 16.6. The van der Waals surface area contributed by atoms with E-state index in [-0.39, 0.29) is 13.2 Å². The van der Waals surface area contributed by atoms with E-state index >= 15 is 0 Å². The average Bonchev–Trinajstić information content (AvgIpc) is 3.42. The van der Waals surface area contributed by atoms with Crippen molar-refractivity contribution < 1.29 is 19.1 Å². The molecule has 0 radical (unpaired) electrons. The van der Waals surface area contributed by atoms with Crippen molar-refractivity contribution in [3.63, 3.8) is 0 Å². The Morgan fingerprint density at radius 1 is 0.788 bits per heavy atom. The number of carbonyl (C=O) groups excluding carboxylic acids is 2. The van der Waals surface area contributed by atoms with Gasteiger partial charge in [-0.05, 0) is 43.2 Å². The van der Waals surface area contributed by atoms with Crippen LogP contribution in [0.25, 0.3) is 16.8 Å². The van der Waals surface area contributed by atoms with Crippen LogP contribution in [0, 0.1) is 0 Å². The zero-order chi connectivity index (χ0) is 23.4. The number of carbonyl (C=O) groups is 2. The van der Waals surface area contributed by atoms with Gasteiger partial charge in [-0.25, -0.2) is 9.59 Å². The molecule has 6 nitrogen and oxygen atoms in total. The molecule has 0 atom stereocenters. The van der Waals surface area contributed by atoms with Crippen LogP contribution in [0.2, 0.25) is 0 Å². The molecule has 0 amide bonds. The number of hydrogen-bond donors (Lipinski definition) is 0. The van der Waals surface area contributed by atoms with Gasteiger partial charge in [-0.1, -0.05) is 60.7 Å². The molecule has 1 aliphatic heterocycles. The van der Waals surface area contributed by atoms with Crippen molar-refractivity contribution in [1.82, 2.24) is 4.57 Å². The largest absolute Gasteiger partial charge is 0.463 e. The van der Waals surface area contributed by atoms with Crippen molar-refractivity contribution in [2.24, 2.45) is 12.0 Å². The number of esters is 2. The number of hydrogen-bond acceptors (Lipinski definition) is 5. The summed E-state index contributed by atoms with van der Waals surface area (Å²) in [5.74, 6) is -1.49. The summed E-state index contributed by atoms with van der Waals surface area (Å²) in [6.45, 7) is 3.64. The number of nitrogens with zero attached hydrogens (tertiary/aromatic N) is 2. The van der Waals surface area contributed by atoms with Crippen LogP contribution in [0.15, 0.2) is 83.9 Å². The number of aromatic nitrogens is 1. The highest BCUT2D eigenvalue weighted by molar-refractivity contribution is 6.28. The van der Waals surface area contributed by atoms with Gasteiger partial charge in [0.25, 0.3) is 5.54 Å². The van der Waals surface area contributed by atoms with Gasteiger partial charge in [0.15, 0.2) is 0 Å². The summed E-state index contributed by atoms with van der Waals surface area (Å²) in [6, 6.07) is 23.2. The highest BCUT2D eigenvalue weighted by Gasteiger charge is 2.56. The van der Waals surface area contributed by atoms with Gasteiger partial charge in [-0.15, -0.1) is 0 Å². The van der Waals surface area contributed by atoms with E-state index in [4.69, 9.17) is 9.47 Å². The minimum atomic E-state index is -1.93. The molecule has 33 heavy (non-hydrogen) atoms. The molecule has 0 N–H and O–H groups in total. The van der Waals surface area contributed by atoms with Crippen LogP contribution in [0.1, 0.15) is 25.1 Å². The summed E-state index contributed by atoms with van der Waals surface area (Å²) in [6.07, 6.45) is 1.78. The first-order valence-corrected chi connectivity index (χ1v) is 11.0. The Morgan fingerprint density at radius 2 is 1.30 bits per heavy atom. The molecule has 2 heterocycles. The maximum atomic E-state index is 13.4. The second kappa shape index (κ2) is 9.28. The molecule has 0 saturated carbocycles. The van der Waals surface area contributed by atoms with E-state index in [9.17, 15) is 9.59 Å². The van der Waals surface area contributed by atoms with Gasteiger partial charge in [-0.3, -0.25) is 4.99 Å². The maximum absolute atomic E-state index is 13.4. The maximum Gasteiger partial charge on any atom is 0.350 e. The number of aliphatic imine (C=N–C) groups is 1. The normalized spacial score (nSPS) is 14.4. The Hall–Kier alpha value is -3.93. The topological polar surface area (TPSA) is 69.9 Å². The predicted octanol–water partition coefficient (Wildman–Crippen LogP) is 4.44. The summed E-state index contributed by atoms with van der Waals surface area (Å²) in [5.41, 5.74) is 2.47. The molecular weight excluding hydrogens is 416 g/mol. The number of rotatable bonds is 7. The lowest BCUT2D eigenvalue weighted by Gasteiger charge is -2.26. The fourth-order valence-electron chi connectivity index (χ4n) is 4.08. The first kappa shape index (κ1) is 22.3. The van der Waals surface area contributed by atoms with Crippen LogP contribution in [0.5, 0.6) is 0 Å². The molecule has 1 aromatic heterocycles. The monoisotopic (exact) mass is 442 g/mol. The fraction of sp³-hybridized carbons (Fsp3) is 0.222. The first-order chi connectivity index (χ1) is 16.0. The van der Waals surface area contributed by atoms with E-state index < -0.39 is 17.5 Å². The molecule has 1 aliphatic rings. The quantitative estimate of drug-likeness (QED) is 0.401. The van der Waals surface area contributed by atoms with E-state index in [2.05, 4.69) is 4.99 Å². The number of ether oxygens (including phenoxy) is 2. The molecule has 0 unspecified atom stereocenters. The Bertz CT molecular complexity index is 1210. The SMILES string of the molecule is CCOC(=O)C1(C(=O)OCC)N=C(c2ccccc2)C=C1c1ccc(-c2ccccc2)n1C. The zero-order valence-corrected chi connectivity index (χ0v) is 18.9. The minimum absolute atomic E-state index is 0.117. The van der Waals surface area contributed by atoms with Crippen LogP contribution in [0.4, 0.5) is 0 Å². The number of allylic oxidation sites excluding steroid dienone is 1. The summed E-state index contributed by atoms with van der Waals surface area (Å²) >= 11 is 0. The Balaban J connectivity index is 1.93. The number of benzene rings is 2. The van der Waals surface area contributed by atoms with Crippen molar-refractivity contribution in [2.45, 2.75) is 19.4 Å². The van der Waals surface area contributed by atoms with Crippen molar-refractivity contribution in [2.75, 3.05) is 13.2 Å². The Morgan fingerprint density at radius 3 is 1.85 bits per heavy atom. The molecule has 0 fully saturated rings. The second-order valence-electron chi connectivity index (χ2n) is 7.60. The molecular formula is C27H26N2O4. The lowest BCUT2D eigenvalue weighted by Crippen LogP contribution is -2.47. The Labute approximate surface area is 193 Å². The van der Waals surface area contributed by atoms with Gasteiger partial charge < -0.3 is 14.0 Å². The summed E-state index contributed by atoms with van der Waals surface area (Å²) in [5, 5.41) is 0. The Kier molecular flexibility index (Phi) is 6.27. The van der Waals surface area contributed by atoms with Crippen LogP contribution >= 0.6 is 0 Å². The summed E-state index contributed by atoms with van der Waals surface area (Å²) < 4.78 is 12.7. The molecule has 4 rings (SSSR count). The van der Waals surface area contributed by atoms with E-state index in [1.807, 2.05) is 84.4 Å². The highest BCUT2D eigenvalue weighted by Crippen LogP contribution is 2.40. The van der Waals surface area contributed by atoms with Crippen molar-refractivity contribution >= 4 is 23.2 Å².